The topological polar surface area (TPSA) is 55.8 Å². The Balaban J connectivity index is 1.99. The molecule has 0 aromatic heterocycles. The summed E-state index contributed by atoms with van der Waals surface area (Å²) < 4.78 is 11.4. The fourth-order valence-corrected chi connectivity index (χ4v) is 2.92. The van der Waals surface area contributed by atoms with Gasteiger partial charge in [0.2, 0.25) is 0 Å². The van der Waals surface area contributed by atoms with Crippen molar-refractivity contribution in [3.63, 3.8) is 0 Å². The van der Waals surface area contributed by atoms with Crippen molar-refractivity contribution in [3.8, 4) is 0 Å². The molecule has 0 amide bonds. The summed E-state index contributed by atoms with van der Waals surface area (Å²) >= 11 is 0. The first-order valence-corrected chi connectivity index (χ1v) is 8.98. The van der Waals surface area contributed by atoms with Crippen LogP contribution < -0.4 is 0 Å². The molecular weight excluding hydrogens is 316 g/mol. The van der Waals surface area contributed by atoms with E-state index in [9.17, 15) is 4.79 Å². The van der Waals surface area contributed by atoms with Crippen molar-refractivity contribution >= 4 is 11.5 Å². The van der Waals surface area contributed by atoms with E-state index in [4.69, 9.17) is 14.6 Å². The molecule has 0 aliphatic heterocycles. The van der Waals surface area contributed by atoms with Crippen LogP contribution in [0.15, 0.2) is 41.7 Å². The first kappa shape index (κ1) is 19.3. The largest absolute Gasteiger partial charge is 0.495 e. The Labute approximate surface area is 150 Å². The van der Waals surface area contributed by atoms with Gasteiger partial charge in [-0.2, -0.15) is 0 Å². The SMILES string of the molecule is CCCCOCCOC1=CC(C)=C(c2ccc(C(=O)O)cc2)CC1C. The normalized spacial score (nSPS) is 17.4. The second-order valence-corrected chi connectivity index (χ2v) is 6.51. The van der Waals surface area contributed by atoms with Gasteiger partial charge in [0, 0.05) is 12.5 Å². The minimum Gasteiger partial charge on any atom is -0.495 e. The number of carboxylic acids is 1. The highest BCUT2D eigenvalue weighted by Crippen LogP contribution is 2.35. The average Bonchev–Trinajstić information content (AvgIpc) is 2.60. The number of unbranched alkanes of at least 4 members (excludes halogenated alkanes) is 1. The van der Waals surface area contributed by atoms with Crippen LogP contribution in [0.4, 0.5) is 0 Å². The summed E-state index contributed by atoms with van der Waals surface area (Å²) in [5.74, 6) is 0.405. The number of allylic oxidation sites excluding steroid dienone is 4. The number of aromatic carboxylic acids is 1. The standard InChI is InChI=1S/C21H28O4/c1-4-5-10-24-11-12-25-20-14-15(2)19(13-16(20)3)17-6-8-18(9-7-17)21(22)23/h6-9,14,16H,4-5,10-13H2,1-3H3,(H,22,23). The lowest BCUT2D eigenvalue weighted by molar-refractivity contribution is 0.0666. The van der Waals surface area contributed by atoms with Gasteiger partial charge in [-0.05, 0) is 54.7 Å². The van der Waals surface area contributed by atoms with E-state index < -0.39 is 5.97 Å². The summed E-state index contributed by atoms with van der Waals surface area (Å²) in [6, 6.07) is 7.09. The molecular formula is C21H28O4. The fraction of sp³-hybridized carbons (Fsp3) is 0.476. The maximum Gasteiger partial charge on any atom is 0.335 e. The molecule has 1 aliphatic rings. The monoisotopic (exact) mass is 344 g/mol. The van der Waals surface area contributed by atoms with Gasteiger partial charge in [0.15, 0.2) is 0 Å². The second-order valence-electron chi connectivity index (χ2n) is 6.51. The lowest BCUT2D eigenvalue weighted by Gasteiger charge is -2.25. The Kier molecular flexibility index (Phi) is 7.26. The summed E-state index contributed by atoms with van der Waals surface area (Å²) in [4.78, 5) is 11.0. The van der Waals surface area contributed by atoms with Gasteiger partial charge in [-0.15, -0.1) is 0 Å². The summed E-state index contributed by atoms with van der Waals surface area (Å²) in [5, 5.41) is 9.02. The summed E-state index contributed by atoms with van der Waals surface area (Å²) in [5.41, 5.74) is 3.81. The van der Waals surface area contributed by atoms with E-state index in [1.54, 1.807) is 12.1 Å². The molecule has 4 heteroatoms. The van der Waals surface area contributed by atoms with E-state index >= 15 is 0 Å². The molecule has 0 saturated heterocycles. The Morgan fingerprint density at radius 3 is 2.56 bits per heavy atom. The number of rotatable bonds is 9. The molecule has 2 rings (SSSR count). The van der Waals surface area contributed by atoms with Gasteiger partial charge >= 0.3 is 5.97 Å². The van der Waals surface area contributed by atoms with Crippen LogP contribution >= 0.6 is 0 Å². The summed E-state index contributed by atoms with van der Waals surface area (Å²) in [6.45, 7) is 8.38. The first-order chi connectivity index (χ1) is 12.0. The lowest BCUT2D eigenvalue weighted by Crippen LogP contribution is -2.13. The van der Waals surface area contributed by atoms with Crippen LogP contribution in [0.5, 0.6) is 0 Å². The van der Waals surface area contributed by atoms with Crippen LogP contribution in [0.3, 0.4) is 0 Å². The van der Waals surface area contributed by atoms with E-state index in [0.717, 1.165) is 37.2 Å². The number of carbonyl (C=O) groups is 1. The number of benzene rings is 1. The predicted octanol–water partition coefficient (Wildman–Crippen LogP) is 4.92. The van der Waals surface area contributed by atoms with Crippen molar-refractivity contribution in [2.75, 3.05) is 19.8 Å². The third kappa shape index (κ3) is 5.46. The number of hydrogen-bond donors (Lipinski definition) is 1. The van der Waals surface area contributed by atoms with Crippen LogP contribution in [0.1, 0.15) is 56.0 Å². The predicted molar refractivity (Wildman–Crippen MR) is 99.5 cm³/mol. The van der Waals surface area contributed by atoms with Gasteiger partial charge in [0.25, 0.3) is 0 Å². The quantitative estimate of drug-likeness (QED) is 0.646. The van der Waals surface area contributed by atoms with Crippen molar-refractivity contribution in [3.05, 3.63) is 52.8 Å². The van der Waals surface area contributed by atoms with Crippen molar-refractivity contribution in [2.24, 2.45) is 5.92 Å². The minimum atomic E-state index is -0.897. The van der Waals surface area contributed by atoms with Crippen LogP contribution in [0.2, 0.25) is 0 Å². The number of carboxylic acid groups (broad SMARTS) is 1. The number of ether oxygens (including phenoxy) is 2. The molecule has 136 valence electrons. The fourth-order valence-electron chi connectivity index (χ4n) is 2.92. The summed E-state index contributed by atoms with van der Waals surface area (Å²) in [6.07, 6.45) is 5.22. The maximum atomic E-state index is 11.0. The van der Waals surface area contributed by atoms with Gasteiger partial charge < -0.3 is 14.6 Å². The molecule has 0 saturated carbocycles. The van der Waals surface area contributed by atoms with Crippen LogP contribution in [-0.4, -0.2) is 30.9 Å². The van der Waals surface area contributed by atoms with E-state index in [-0.39, 0.29) is 0 Å². The van der Waals surface area contributed by atoms with E-state index in [1.807, 2.05) is 12.1 Å². The van der Waals surface area contributed by atoms with Crippen LogP contribution in [0.25, 0.3) is 5.57 Å². The first-order valence-electron chi connectivity index (χ1n) is 8.98. The van der Waals surface area contributed by atoms with Gasteiger partial charge in [0.05, 0.1) is 17.9 Å². The third-order valence-corrected chi connectivity index (χ3v) is 4.45. The lowest BCUT2D eigenvalue weighted by atomic mass is 9.85. The average molecular weight is 344 g/mol. The third-order valence-electron chi connectivity index (χ3n) is 4.45. The van der Waals surface area contributed by atoms with Gasteiger partial charge in [0.1, 0.15) is 6.61 Å². The highest BCUT2D eigenvalue weighted by atomic mass is 16.5. The molecule has 1 unspecified atom stereocenters. The van der Waals surface area contributed by atoms with E-state index in [0.29, 0.717) is 24.7 Å². The minimum absolute atomic E-state index is 0.300. The Morgan fingerprint density at radius 2 is 1.92 bits per heavy atom. The van der Waals surface area contributed by atoms with Gasteiger partial charge in [-0.1, -0.05) is 32.4 Å². The Hall–Kier alpha value is -2.07. The van der Waals surface area contributed by atoms with Gasteiger partial charge in [-0.25, -0.2) is 4.79 Å². The zero-order chi connectivity index (χ0) is 18.2. The van der Waals surface area contributed by atoms with Crippen molar-refractivity contribution < 1.29 is 19.4 Å². The smallest absolute Gasteiger partial charge is 0.335 e. The van der Waals surface area contributed by atoms with E-state index in [1.165, 1.54) is 11.1 Å². The van der Waals surface area contributed by atoms with Crippen molar-refractivity contribution in [1.29, 1.82) is 0 Å². The molecule has 0 spiro atoms. The van der Waals surface area contributed by atoms with E-state index in [2.05, 4.69) is 26.8 Å². The summed E-state index contributed by atoms with van der Waals surface area (Å²) in [7, 11) is 0. The van der Waals surface area contributed by atoms with Crippen LogP contribution in [-0.2, 0) is 9.47 Å². The molecule has 1 aromatic carbocycles. The number of hydrogen-bond acceptors (Lipinski definition) is 3. The van der Waals surface area contributed by atoms with Crippen LogP contribution in [0, 0.1) is 5.92 Å². The van der Waals surface area contributed by atoms with Crippen molar-refractivity contribution in [1.82, 2.24) is 0 Å². The zero-order valence-corrected chi connectivity index (χ0v) is 15.4. The molecule has 1 atom stereocenters. The highest BCUT2D eigenvalue weighted by molar-refractivity contribution is 5.88. The molecule has 0 radical (unpaired) electrons. The maximum absolute atomic E-state index is 11.0. The molecule has 25 heavy (non-hydrogen) atoms. The van der Waals surface area contributed by atoms with Gasteiger partial charge in [-0.3, -0.25) is 0 Å². The molecule has 1 aromatic rings. The molecule has 1 aliphatic carbocycles. The molecule has 1 N–H and O–H groups in total. The molecule has 0 fully saturated rings. The molecule has 0 heterocycles. The zero-order valence-electron chi connectivity index (χ0n) is 15.4. The van der Waals surface area contributed by atoms with Crippen molar-refractivity contribution in [2.45, 2.75) is 40.0 Å². The molecule has 4 nitrogen and oxygen atoms in total. The molecule has 0 bridgehead atoms. The highest BCUT2D eigenvalue weighted by Gasteiger charge is 2.20. The Morgan fingerprint density at radius 1 is 1.20 bits per heavy atom. The second kappa shape index (κ2) is 9.42. The Bertz CT molecular complexity index is 640.